The number of nitrogens with zero attached hydrogens (tertiary/aromatic N) is 1. The van der Waals surface area contributed by atoms with Crippen LogP contribution in [0.25, 0.3) is 0 Å². The highest BCUT2D eigenvalue weighted by atomic mass is 35.5. The van der Waals surface area contributed by atoms with Gasteiger partial charge in [0.25, 0.3) is 0 Å². The van der Waals surface area contributed by atoms with E-state index < -0.39 is 0 Å². The smallest absolute Gasteiger partial charge is 0.234 e. The maximum Gasteiger partial charge on any atom is 0.234 e. The number of rotatable bonds is 10. The molecule has 0 radical (unpaired) electrons. The molecule has 29 heavy (non-hydrogen) atoms. The van der Waals surface area contributed by atoms with E-state index in [1.807, 2.05) is 72.5 Å². The van der Waals surface area contributed by atoms with Gasteiger partial charge in [0.15, 0.2) is 0 Å². The molecule has 0 aliphatic rings. The van der Waals surface area contributed by atoms with Crippen molar-refractivity contribution in [3.63, 3.8) is 0 Å². The van der Waals surface area contributed by atoms with Crippen LogP contribution in [0.4, 0.5) is 0 Å². The number of benzene rings is 2. The van der Waals surface area contributed by atoms with Gasteiger partial charge in [0.1, 0.15) is 18.1 Å². The molecule has 1 unspecified atom stereocenters. The molecule has 0 saturated carbocycles. The minimum Gasteiger partial charge on any atom is -0.489 e. The summed E-state index contributed by atoms with van der Waals surface area (Å²) in [7, 11) is 0. The van der Waals surface area contributed by atoms with E-state index in [0.29, 0.717) is 24.7 Å². The van der Waals surface area contributed by atoms with E-state index in [4.69, 9.17) is 26.5 Å². The molecule has 1 aromatic heterocycles. The van der Waals surface area contributed by atoms with Gasteiger partial charge in [-0.1, -0.05) is 41.9 Å². The molecule has 0 fully saturated rings. The van der Waals surface area contributed by atoms with Gasteiger partial charge in [0, 0.05) is 17.1 Å². The van der Waals surface area contributed by atoms with Gasteiger partial charge in [-0.2, -0.15) is 0 Å². The van der Waals surface area contributed by atoms with Crippen molar-refractivity contribution in [2.45, 2.75) is 32.5 Å². The fraction of sp³-hybridized carbons (Fsp3) is 0.261. The normalized spacial score (nSPS) is 12.1. The Bertz CT molecular complexity index is 927. The van der Waals surface area contributed by atoms with Crippen LogP contribution in [0.5, 0.6) is 5.75 Å². The van der Waals surface area contributed by atoms with Crippen LogP contribution >= 0.6 is 11.6 Å². The summed E-state index contributed by atoms with van der Waals surface area (Å²) in [6, 6.07) is 18.9. The summed E-state index contributed by atoms with van der Waals surface area (Å²) in [5.41, 5.74) is 7.58. The van der Waals surface area contributed by atoms with E-state index in [1.165, 1.54) is 0 Å². The largest absolute Gasteiger partial charge is 0.489 e. The molecule has 0 spiro atoms. The highest BCUT2D eigenvalue weighted by Crippen LogP contribution is 2.20. The molecule has 0 saturated heterocycles. The highest BCUT2D eigenvalue weighted by Gasteiger charge is 2.20. The van der Waals surface area contributed by atoms with Crippen molar-refractivity contribution in [2.24, 2.45) is 5.73 Å². The van der Waals surface area contributed by atoms with E-state index in [2.05, 4.69) is 0 Å². The lowest BCUT2D eigenvalue weighted by atomic mass is 10.1. The first kappa shape index (κ1) is 21.0. The first-order chi connectivity index (χ1) is 14.0. The molecule has 1 atom stereocenters. The van der Waals surface area contributed by atoms with Crippen molar-refractivity contribution in [3.8, 4) is 5.75 Å². The third-order valence-electron chi connectivity index (χ3n) is 4.84. The molecular formula is C23H25ClN2O3. The van der Waals surface area contributed by atoms with Crippen molar-refractivity contribution in [1.29, 1.82) is 0 Å². The number of halogens is 1. The summed E-state index contributed by atoms with van der Waals surface area (Å²) >= 11 is 6.19. The van der Waals surface area contributed by atoms with Crippen LogP contribution in [-0.4, -0.2) is 23.4 Å². The number of primary amides is 1. The van der Waals surface area contributed by atoms with Crippen LogP contribution in [0.3, 0.4) is 0 Å². The molecule has 1 amide bonds. The van der Waals surface area contributed by atoms with Gasteiger partial charge in [-0.05, 0) is 49.2 Å². The SMILES string of the molecule is CC(C(N)=O)N(CCc1cccc(OCc2ccccc2Cl)c1)Cc1ccco1. The van der Waals surface area contributed by atoms with Gasteiger partial charge in [0.2, 0.25) is 5.91 Å². The quantitative estimate of drug-likeness (QED) is 0.534. The average Bonchev–Trinajstić information content (AvgIpc) is 3.23. The number of carbonyl (C=O) groups is 1. The summed E-state index contributed by atoms with van der Waals surface area (Å²) in [5.74, 6) is 1.23. The summed E-state index contributed by atoms with van der Waals surface area (Å²) in [4.78, 5) is 13.7. The van der Waals surface area contributed by atoms with Crippen LogP contribution in [0.15, 0.2) is 71.3 Å². The van der Waals surface area contributed by atoms with E-state index in [9.17, 15) is 4.79 Å². The van der Waals surface area contributed by atoms with Crippen LogP contribution in [0, 0.1) is 0 Å². The Morgan fingerprint density at radius 3 is 2.72 bits per heavy atom. The fourth-order valence-electron chi connectivity index (χ4n) is 3.03. The summed E-state index contributed by atoms with van der Waals surface area (Å²) in [6.45, 7) is 3.42. The average molecular weight is 413 g/mol. The second kappa shape index (κ2) is 10.1. The lowest BCUT2D eigenvalue weighted by molar-refractivity contribution is -0.122. The first-order valence-corrected chi connectivity index (χ1v) is 9.91. The number of amides is 1. The van der Waals surface area contributed by atoms with Crippen molar-refractivity contribution >= 4 is 17.5 Å². The molecule has 2 aromatic carbocycles. The zero-order chi connectivity index (χ0) is 20.6. The monoisotopic (exact) mass is 412 g/mol. The number of furan rings is 1. The molecule has 2 N–H and O–H groups in total. The molecule has 3 aromatic rings. The Hall–Kier alpha value is -2.76. The third kappa shape index (κ3) is 6.11. The zero-order valence-corrected chi connectivity index (χ0v) is 17.1. The Balaban J connectivity index is 1.61. The van der Waals surface area contributed by atoms with Gasteiger partial charge in [-0.25, -0.2) is 0 Å². The molecule has 0 aliphatic carbocycles. The van der Waals surface area contributed by atoms with E-state index in [1.54, 1.807) is 6.26 Å². The van der Waals surface area contributed by atoms with Crippen LogP contribution in [-0.2, 0) is 24.4 Å². The lowest BCUT2D eigenvalue weighted by Gasteiger charge is -2.26. The molecule has 0 bridgehead atoms. The van der Waals surface area contributed by atoms with Crippen LogP contribution in [0.1, 0.15) is 23.8 Å². The standard InChI is InChI=1S/C23H25ClN2O3/c1-17(23(25)27)26(15-21-9-5-13-28-21)12-11-18-6-4-8-20(14-18)29-16-19-7-2-3-10-22(19)24/h2-10,13-14,17H,11-12,15-16H2,1H3,(H2,25,27). The second-order valence-electron chi connectivity index (χ2n) is 6.91. The number of ether oxygens (including phenoxy) is 1. The zero-order valence-electron chi connectivity index (χ0n) is 16.4. The van der Waals surface area contributed by atoms with Gasteiger partial charge in [-0.15, -0.1) is 0 Å². The van der Waals surface area contributed by atoms with Crippen molar-refractivity contribution in [3.05, 3.63) is 88.8 Å². The molecule has 152 valence electrons. The van der Waals surface area contributed by atoms with Crippen molar-refractivity contribution < 1.29 is 13.9 Å². The van der Waals surface area contributed by atoms with Crippen LogP contribution < -0.4 is 10.5 Å². The second-order valence-corrected chi connectivity index (χ2v) is 7.31. The Kier molecular flexibility index (Phi) is 7.33. The molecule has 3 rings (SSSR count). The maximum absolute atomic E-state index is 11.7. The predicted molar refractivity (Wildman–Crippen MR) is 114 cm³/mol. The minimum atomic E-state index is -0.389. The minimum absolute atomic E-state index is 0.353. The summed E-state index contributed by atoms with van der Waals surface area (Å²) < 4.78 is 11.3. The summed E-state index contributed by atoms with van der Waals surface area (Å²) in [6.07, 6.45) is 2.38. The molecule has 1 heterocycles. The van der Waals surface area contributed by atoms with Gasteiger partial charge in [-0.3, -0.25) is 9.69 Å². The molecular weight excluding hydrogens is 388 g/mol. The van der Waals surface area contributed by atoms with E-state index >= 15 is 0 Å². The number of hydrogen-bond donors (Lipinski definition) is 1. The van der Waals surface area contributed by atoms with E-state index in [-0.39, 0.29) is 11.9 Å². The summed E-state index contributed by atoms with van der Waals surface area (Å²) in [5, 5.41) is 0.692. The van der Waals surface area contributed by atoms with Gasteiger partial charge < -0.3 is 14.9 Å². The Morgan fingerprint density at radius 2 is 2.00 bits per heavy atom. The predicted octanol–water partition coefficient (Wildman–Crippen LogP) is 4.43. The molecule has 0 aliphatic heterocycles. The number of nitrogens with two attached hydrogens (primary N) is 1. The van der Waals surface area contributed by atoms with Crippen molar-refractivity contribution in [2.75, 3.05) is 6.54 Å². The Morgan fingerprint density at radius 1 is 1.17 bits per heavy atom. The van der Waals surface area contributed by atoms with Crippen molar-refractivity contribution in [1.82, 2.24) is 4.90 Å². The van der Waals surface area contributed by atoms with E-state index in [0.717, 1.165) is 29.1 Å². The van der Waals surface area contributed by atoms with Gasteiger partial charge >= 0.3 is 0 Å². The number of carbonyl (C=O) groups excluding carboxylic acids is 1. The van der Waals surface area contributed by atoms with Crippen LogP contribution in [0.2, 0.25) is 5.02 Å². The number of hydrogen-bond acceptors (Lipinski definition) is 4. The lowest BCUT2D eigenvalue weighted by Crippen LogP contribution is -2.43. The first-order valence-electron chi connectivity index (χ1n) is 9.54. The maximum atomic E-state index is 11.7. The third-order valence-corrected chi connectivity index (χ3v) is 5.21. The fourth-order valence-corrected chi connectivity index (χ4v) is 3.22. The highest BCUT2D eigenvalue weighted by molar-refractivity contribution is 6.31. The molecule has 6 heteroatoms. The van der Waals surface area contributed by atoms with Gasteiger partial charge in [0.05, 0.1) is 18.8 Å². The Labute approximate surface area is 176 Å². The topological polar surface area (TPSA) is 68.7 Å². The molecule has 5 nitrogen and oxygen atoms in total.